The first kappa shape index (κ1) is 31.8. The lowest BCUT2D eigenvalue weighted by molar-refractivity contribution is -0.179. The topological polar surface area (TPSA) is 142 Å². The van der Waals surface area contributed by atoms with Crippen molar-refractivity contribution < 1.29 is 46.1 Å². The molecule has 15 heteroatoms. The molecule has 4 aromatic rings. The molecule has 2 saturated carbocycles. The molecule has 252 valence electrons. The second-order valence-corrected chi connectivity index (χ2v) is 13.0. The molecule has 0 spiro atoms. The van der Waals surface area contributed by atoms with Crippen molar-refractivity contribution in [3.05, 3.63) is 70.8 Å². The van der Waals surface area contributed by atoms with Crippen LogP contribution in [0.1, 0.15) is 60.3 Å². The Bertz CT molecular complexity index is 2010. The molecule has 0 radical (unpaired) electrons. The summed E-state index contributed by atoms with van der Waals surface area (Å²) in [6.07, 6.45) is 2.19. The number of hydrogen-bond acceptors (Lipinski definition) is 7. The van der Waals surface area contributed by atoms with E-state index in [2.05, 4.69) is 15.4 Å². The number of hydrogen-bond donors (Lipinski definition) is 3. The molecule has 10 nitrogen and oxygen atoms in total. The molecule has 2 atom stereocenters. The average Bonchev–Trinajstić information content (AvgIpc) is 3.70. The Hall–Kier alpha value is -4.79. The fraction of sp³-hybridized carbons (Fsp3) is 0.394. The zero-order valence-electron chi connectivity index (χ0n) is 25.8. The average molecular weight is 672 g/mol. The molecule has 3 heterocycles. The number of nitrogens with one attached hydrogen (secondary N) is 1. The molecular weight excluding hydrogens is 641 g/mol. The molecule has 2 aromatic heterocycles. The lowest BCUT2D eigenvalue weighted by Crippen LogP contribution is -2.54. The van der Waals surface area contributed by atoms with Crippen molar-refractivity contribution in [2.45, 2.75) is 55.6 Å². The van der Waals surface area contributed by atoms with Gasteiger partial charge in [-0.3, -0.25) is 14.3 Å². The number of ether oxygens (including phenoxy) is 2. The first-order valence-corrected chi connectivity index (χ1v) is 15.2. The molecule has 2 aromatic carbocycles. The van der Waals surface area contributed by atoms with Crippen LogP contribution >= 0.6 is 0 Å². The van der Waals surface area contributed by atoms with Crippen LogP contribution in [0.15, 0.2) is 36.5 Å². The number of carbonyl (C=O) groups is 2. The summed E-state index contributed by atoms with van der Waals surface area (Å²) in [6.45, 7) is 0.441. The van der Waals surface area contributed by atoms with Gasteiger partial charge in [0.1, 0.15) is 46.1 Å². The fourth-order valence-electron chi connectivity index (χ4n) is 6.39. The number of nitrogens with zero attached hydrogens (tertiary/aromatic N) is 3. The van der Waals surface area contributed by atoms with E-state index in [-0.39, 0.29) is 35.2 Å². The first-order chi connectivity index (χ1) is 22.6. The third-order valence-corrected chi connectivity index (χ3v) is 9.60. The highest BCUT2D eigenvalue weighted by molar-refractivity contribution is 6.00. The number of aromatic nitrogens is 3. The zero-order valence-corrected chi connectivity index (χ0v) is 25.8. The van der Waals surface area contributed by atoms with Gasteiger partial charge >= 0.3 is 0 Å². The van der Waals surface area contributed by atoms with Crippen LogP contribution in [0.2, 0.25) is 0 Å². The highest BCUT2D eigenvalue weighted by Crippen LogP contribution is 2.53. The van der Waals surface area contributed by atoms with Crippen LogP contribution in [-0.4, -0.2) is 57.9 Å². The standard InChI is InChI=1S/C33H30F5N5O5/c1-31(30(39)45)14-48-28-20(31)8-25(41-27(28)19-7-22(35)23(36)9-21(19)34)33(46,17-10-32(37,38)11-17)13-40-29(44)15-5-16-12-43(18-3-4-18)42-26(16)24(6-15)47-2/h5-9,12,17-18,46H,3-4,10-11,13-14H2,1-2H3,(H2,39,45)(H,40,44)/t31-,33+/m0/s1. The van der Waals surface area contributed by atoms with Gasteiger partial charge in [-0.2, -0.15) is 5.10 Å². The van der Waals surface area contributed by atoms with E-state index in [9.17, 15) is 32.3 Å². The maximum absolute atomic E-state index is 15.1. The Morgan fingerprint density at radius 1 is 1.12 bits per heavy atom. The maximum atomic E-state index is 15.1. The highest BCUT2D eigenvalue weighted by Gasteiger charge is 2.57. The summed E-state index contributed by atoms with van der Waals surface area (Å²) in [5.74, 6) is -9.82. The molecule has 1 aliphatic heterocycles. The number of fused-ring (bicyclic) bond motifs is 2. The molecule has 7 rings (SSSR count). The summed E-state index contributed by atoms with van der Waals surface area (Å²) in [4.78, 5) is 30.5. The Morgan fingerprint density at radius 3 is 2.48 bits per heavy atom. The lowest BCUT2D eigenvalue weighted by atomic mass is 9.68. The smallest absolute Gasteiger partial charge is 0.251 e. The Morgan fingerprint density at radius 2 is 1.83 bits per heavy atom. The van der Waals surface area contributed by atoms with Gasteiger partial charge in [-0.05, 0) is 44.0 Å². The number of methoxy groups -OCH3 is 1. The number of pyridine rings is 1. The number of alkyl halides is 2. The summed E-state index contributed by atoms with van der Waals surface area (Å²) in [5, 5.41) is 20.0. The number of amides is 2. The van der Waals surface area contributed by atoms with Crippen molar-refractivity contribution in [1.82, 2.24) is 20.1 Å². The Labute approximate surface area is 270 Å². The summed E-state index contributed by atoms with van der Waals surface area (Å²) < 4.78 is 84.9. The summed E-state index contributed by atoms with van der Waals surface area (Å²) in [7, 11) is 1.43. The third-order valence-electron chi connectivity index (χ3n) is 9.60. The van der Waals surface area contributed by atoms with Crippen LogP contribution in [0.4, 0.5) is 22.0 Å². The second-order valence-electron chi connectivity index (χ2n) is 13.0. The summed E-state index contributed by atoms with van der Waals surface area (Å²) in [6, 6.07) is 5.38. The Balaban J connectivity index is 1.31. The first-order valence-electron chi connectivity index (χ1n) is 15.2. The van der Waals surface area contributed by atoms with E-state index in [1.807, 2.05) is 0 Å². The van der Waals surface area contributed by atoms with Gasteiger partial charge in [0.2, 0.25) is 11.8 Å². The predicted molar refractivity (Wildman–Crippen MR) is 160 cm³/mol. The second kappa shape index (κ2) is 10.9. The van der Waals surface area contributed by atoms with E-state index in [4.69, 9.17) is 15.2 Å². The van der Waals surface area contributed by atoms with Crippen molar-refractivity contribution in [2.75, 3.05) is 20.3 Å². The summed E-state index contributed by atoms with van der Waals surface area (Å²) in [5.41, 5.74) is 1.21. The summed E-state index contributed by atoms with van der Waals surface area (Å²) >= 11 is 0. The third kappa shape index (κ3) is 5.11. The number of nitrogens with two attached hydrogens (primary N) is 1. The molecule has 2 fully saturated rings. The van der Waals surface area contributed by atoms with Gasteiger partial charge < -0.3 is 25.6 Å². The molecule has 0 saturated heterocycles. The van der Waals surface area contributed by atoms with Crippen LogP contribution in [0.3, 0.4) is 0 Å². The van der Waals surface area contributed by atoms with Crippen LogP contribution in [0.5, 0.6) is 11.5 Å². The number of benzene rings is 2. The normalized spacial score (nSPS) is 21.2. The van der Waals surface area contributed by atoms with Gasteiger partial charge in [0, 0.05) is 53.1 Å². The molecule has 0 bridgehead atoms. The van der Waals surface area contributed by atoms with E-state index in [1.54, 1.807) is 16.9 Å². The minimum absolute atomic E-state index is 0.0258. The van der Waals surface area contributed by atoms with E-state index >= 15 is 4.39 Å². The van der Waals surface area contributed by atoms with Gasteiger partial charge in [0.05, 0.1) is 25.4 Å². The molecule has 3 aliphatic rings. The van der Waals surface area contributed by atoms with Crippen LogP contribution < -0.4 is 20.5 Å². The van der Waals surface area contributed by atoms with Crippen molar-refractivity contribution in [1.29, 1.82) is 0 Å². The van der Waals surface area contributed by atoms with E-state index in [0.717, 1.165) is 12.8 Å². The molecule has 2 aliphatic carbocycles. The van der Waals surface area contributed by atoms with Crippen molar-refractivity contribution in [2.24, 2.45) is 11.7 Å². The van der Waals surface area contributed by atoms with E-state index in [0.29, 0.717) is 28.8 Å². The number of carbonyl (C=O) groups excluding carboxylic acids is 2. The van der Waals surface area contributed by atoms with Crippen LogP contribution in [0.25, 0.3) is 22.2 Å². The highest BCUT2D eigenvalue weighted by atomic mass is 19.3. The van der Waals surface area contributed by atoms with Crippen molar-refractivity contribution in [3.8, 4) is 22.8 Å². The predicted octanol–water partition coefficient (Wildman–Crippen LogP) is 4.66. The lowest BCUT2D eigenvalue weighted by Gasteiger charge is -2.45. The molecule has 48 heavy (non-hydrogen) atoms. The minimum Gasteiger partial charge on any atom is -0.494 e. The zero-order chi connectivity index (χ0) is 34.3. The quantitative estimate of drug-likeness (QED) is 0.174. The number of halogens is 5. The number of aliphatic hydroxyl groups is 1. The molecular formula is C33H30F5N5O5. The molecule has 2 amide bonds. The van der Waals surface area contributed by atoms with Gasteiger partial charge in [-0.25, -0.2) is 26.9 Å². The largest absolute Gasteiger partial charge is 0.494 e. The van der Waals surface area contributed by atoms with Gasteiger partial charge in [0.25, 0.3) is 5.91 Å². The molecule has 4 N–H and O–H groups in total. The van der Waals surface area contributed by atoms with Crippen LogP contribution in [0, 0.1) is 23.4 Å². The van der Waals surface area contributed by atoms with E-state index < -0.39 is 82.8 Å². The Kier molecular flexibility index (Phi) is 7.20. The maximum Gasteiger partial charge on any atom is 0.251 e. The number of primary amides is 1. The van der Waals surface area contributed by atoms with Crippen molar-refractivity contribution >= 4 is 22.7 Å². The minimum atomic E-state index is -3.13. The SMILES string of the molecule is COc1cc(C(=O)NC[C@](O)(c2cc3c(c(-c4cc(F)c(F)cc4F)n2)OC[C@]3(C)C(N)=O)C2CC(F)(F)C2)cc2cn(C3CC3)nc12. The van der Waals surface area contributed by atoms with Crippen molar-refractivity contribution in [3.63, 3.8) is 0 Å². The van der Waals surface area contributed by atoms with Gasteiger partial charge in [-0.1, -0.05) is 0 Å². The van der Waals surface area contributed by atoms with Gasteiger partial charge in [-0.15, -0.1) is 0 Å². The molecule has 0 unspecified atom stereocenters. The fourth-order valence-corrected chi connectivity index (χ4v) is 6.39. The monoisotopic (exact) mass is 671 g/mol. The van der Waals surface area contributed by atoms with E-state index in [1.165, 1.54) is 26.2 Å². The van der Waals surface area contributed by atoms with Gasteiger partial charge in [0.15, 0.2) is 11.6 Å². The van der Waals surface area contributed by atoms with Crippen LogP contribution in [-0.2, 0) is 15.8 Å². The number of rotatable bonds is 9.